The minimum absolute atomic E-state index is 0. The molecular formula is C17H20BrClN2O2S. The van der Waals surface area contributed by atoms with E-state index in [4.69, 9.17) is 5.73 Å². The number of halogens is 2. The fourth-order valence-electron chi connectivity index (χ4n) is 3.03. The van der Waals surface area contributed by atoms with Crippen LogP contribution in [0, 0.1) is 6.92 Å². The molecule has 0 amide bonds. The molecule has 1 unspecified atom stereocenters. The molecule has 0 saturated heterocycles. The lowest BCUT2D eigenvalue weighted by molar-refractivity contribution is 0.507. The quantitative estimate of drug-likeness (QED) is 0.718. The molecule has 0 radical (unpaired) electrons. The first kappa shape index (κ1) is 19.2. The van der Waals surface area contributed by atoms with Crippen molar-refractivity contribution in [3.8, 4) is 0 Å². The van der Waals surface area contributed by atoms with E-state index < -0.39 is 10.0 Å². The Hall–Kier alpha value is -1.08. The molecule has 0 aromatic heterocycles. The van der Waals surface area contributed by atoms with Crippen LogP contribution in [0.25, 0.3) is 0 Å². The Morgan fingerprint density at radius 1 is 1.21 bits per heavy atom. The second-order valence-electron chi connectivity index (χ2n) is 5.96. The average Bonchev–Trinajstić information content (AvgIpc) is 2.46. The summed E-state index contributed by atoms with van der Waals surface area (Å²) in [5, 5.41) is 0. The highest BCUT2D eigenvalue weighted by molar-refractivity contribution is 9.10. The number of hydrogen-bond donors (Lipinski definition) is 2. The minimum atomic E-state index is -3.59. The number of benzene rings is 2. The van der Waals surface area contributed by atoms with Gasteiger partial charge >= 0.3 is 0 Å². The van der Waals surface area contributed by atoms with Crippen molar-refractivity contribution in [3.63, 3.8) is 0 Å². The fourth-order valence-corrected chi connectivity index (χ4v) is 5.47. The lowest BCUT2D eigenvalue weighted by atomic mass is 9.88. The number of rotatable bonds is 3. The van der Waals surface area contributed by atoms with Crippen LogP contribution in [0.3, 0.4) is 0 Å². The van der Waals surface area contributed by atoms with Gasteiger partial charge < -0.3 is 5.73 Å². The summed E-state index contributed by atoms with van der Waals surface area (Å²) >= 11 is 3.35. The van der Waals surface area contributed by atoms with Gasteiger partial charge in [0.15, 0.2) is 0 Å². The third kappa shape index (κ3) is 3.94. The van der Waals surface area contributed by atoms with Gasteiger partial charge in [0, 0.05) is 16.2 Å². The number of hydrogen-bond acceptors (Lipinski definition) is 3. The van der Waals surface area contributed by atoms with E-state index in [1.54, 1.807) is 12.1 Å². The van der Waals surface area contributed by atoms with Crippen molar-refractivity contribution in [1.82, 2.24) is 4.72 Å². The third-order valence-corrected chi connectivity index (χ3v) is 6.60. The Kier molecular flexibility index (Phi) is 5.96. The summed E-state index contributed by atoms with van der Waals surface area (Å²) < 4.78 is 28.9. The molecule has 2 aromatic rings. The van der Waals surface area contributed by atoms with Gasteiger partial charge in [-0.25, -0.2) is 13.1 Å². The van der Waals surface area contributed by atoms with Gasteiger partial charge in [-0.15, -0.1) is 12.4 Å². The lowest BCUT2D eigenvalue weighted by Gasteiger charge is -2.26. The van der Waals surface area contributed by atoms with Gasteiger partial charge in [-0.2, -0.15) is 0 Å². The molecule has 1 aliphatic carbocycles. The molecule has 0 saturated carbocycles. The van der Waals surface area contributed by atoms with E-state index in [2.05, 4.69) is 20.7 Å². The van der Waals surface area contributed by atoms with Crippen molar-refractivity contribution in [1.29, 1.82) is 0 Å². The summed E-state index contributed by atoms with van der Waals surface area (Å²) in [4.78, 5) is 0.269. The second kappa shape index (κ2) is 7.44. The molecular weight excluding hydrogens is 412 g/mol. The topological polar surface area (TPSA) is 72.2 Å². The predicted octanol–water partition coefficient (Wildman–Crippen LogP) is 4.12. The monoisotopic (exact) mass is 430 g/mol. The Balaban J connectivity index is 0.00000208. The standard InChI is InChI=1S/C17H19BrN2O2S.ClH/c1-11-5-8-17(15(18)9-11)23(21,22)20-16-4-2-3-12-10-13(19)6-7-14(12)16;/h5-10,16,20H,2-4,19H2,1H3;1H. The first-order valence-corrected chi connectivity index (χ1v) is 9.81. The Bertz CT molecular complexity index is 856. The summed E-state index contributed by atoms with van der Waals surface area (Å²) in [6, 6.07) is 10.7. The molecule has 3 N–H and O–H groups in total. The lowest BCUT2D eigenvalue weighted by Crippen LogP contribution is -2.31. The molecule has 0 heterocycles. The van der Waals surface area contributed by atoms with Crippen LogP contribution >= 0.6 is 28.3 Å². The molecule has 0 aliphatic heterocycles. The van der Waals surface area contributed by atoms with Crippen LogP contribution in [0.1, 0.15) is 35.6 Å². The average molecular weight is 432 g/mol. The normalized spacial score (nSPS) is 17.0. The molecule has 1 aliphatic rings. The first-order valence-electron chi connectivity index (χ1n) is 7.53. The number of nitrogens with two attached hydrogens (primary N) is 1. The van der Waals surface area contributed by atoms with E-state index in [1.165, 1.54) is 0 Å². The number of sulfonamides is 1. The highest BCUT2D eigenvalue weighted by Crippen LogP contribution is 2.33. The molecule has 4 nitrogen and oxygen atoms in total. The predicted molar refractivity (Wildman–Crippen MR) is 103 cm³/mol. The minimum Gasteiger partial charge on any atom is -0.399 e. The van der Waals surface area contributed by atoms with E-state index in [1.807, 2.05) is 31.2 Å². The van der Waals surface area contributed by atoms with Crippen molar-refractivity contribution in [2.45, 2.75) is 37.1 Å². The van der Waals surface area contributed by atoms with Crippen LogP contribution in [-0.2, 0) is 16.4 Å². The molecule has 7 heteroatoms. The highest BCUT2D eigenvalue weighted by Gasteiger charge is 2.27. The van der Waals surface area contributed by atoms with Crippen molar-refractivity contribution in [3.05, 3.63) is 57.6 Å². The van der Waals surface area contributed by atoms with E-state index >= 15 is 0 Å². The van der Waals surface area contributed by atoms with Crippen molar-refractivity contribution >= 4 is 44.0 Å². The van der Waals surface area contributed by atoms with Crippen LogP contribution in [0.5, 0.6) is 0 Å². The van der Waals surface area contributed by atoms with Gasteiger partial charge in [-0.05, 0) is 83.1 Å². The fraction of sp³-hybridized carbons (Fsp3) is 0.294. The number of aryl methyl sites for hydroxylation is 2. The van der Waals surface area contributed by atoms with Crippen molar-refractivity contribution in [2.24, 2.45) is 0 Å². The molecule has 1 atom stereocenters. The largest absolute Gasteiger partial charge is 0.399 e. The maximum absolute atomic E-state index is 12.7. The number of nitrogen functional groups attached to an aromatic ring is 1. The zero-order valence-corrected chi connectivity index (χ0v) is 16.5. The molecule has 130 valence electrons. The maximum Gasteiger partial charge on any atom is 0.242 e. The van der Waals surface area contributed by atoms with Crippen LogP contribution in [0.4, 0.5) is 5.69 Å². The molecule has 3 rings (SSSR count). The SMILES string of the molecule is Cc1ccc(S(=O)(=O)NC2CCCc3cc(N)ccc32)c(Br)c1.Cl. The Morgan fingerprint density at radius 3 is 2.67 bits per heavy atom. The van der Waals surface area contributed by atoms with Gasteiger partial charge in [0.05, 0.1) is 4.90 Å². The van der Waals surface area contributed by atoms with Gasteiger partial charge in [-0.1, -0.05) is 12.1 Å². The number of anilines is 1. The van der Waals surface area contributed by atoms with E-state index in [9.17, 15) is 8.42 Å². The van der Waals surface area contributed by atoms with Crippen LogP contribution in [0.2, 0.25) is 0 Å². The highest BCUT2D eigenvalue weighted by atomic mass is 79.9. The van der Waals surface area contributed by atoms with Crippen LogP contribution in [0.15, 0.2) is 45.8 Å². The van der Waals surface area contributed by atoms with E-state index in [-0.39, 0.29) is 23.3 Å². The van der Waals surface area contributed by atoms with Gasteiger partial charge in [-0.3, -0.25) is 0 Å². The Morgan fingerprint density at radius 2 is 1.96 bits per heavy atom. The summed E-state index contributed by atoms with van der Waals surface area (Å²) in [6.07, 6.45) is 2.67. The molecule has 0 bridgehead atoms. The summed E-state index contributed by atoms with van der Waals surface area (Å²) in [6.45, 7) is 1.93. The molecule has 2 aromatic carbocycles. The maximum atomic E-state index is 12.7. The van der Waals surface area contributed by atoms with E-state index in [0.717, 1.165) is 36.0 Å². The van der Waals surface area contributed by atoms with Gasteiger partial charge in [0.25, 0.3) is 0 Å². The van der Waals surface area contributed by atoms with Crippen LogP contribution in [-0.4, -0.2) is 8.42 Å². The summed E-state index contributed by atoms with van der Waals surface area (Å²) in [7, 11) is -3.59. The first-order chi connectivity index (χ1) is 10.9. The van der Waals surface area contributed by atoms with Crippen molar-refractivity contribution < 1.29 is 8.42 Å². The zero-order valence-electron chi connectivity index (χ0n) is 13.3. The molecule has 24 heavy (non-hydrogen) atoms. The third-order valence-electron chi connectivity index (χ3n) is 4.16. The Labute approximate surface area is 157 Å². The summed E-state index contributed by atoms with van der Waals surface area (Å²) in [5.41, 5.74) is 9.72. The van der Waals surface area contributed by atoms with Crippen molar-refractivity contribution in [2.75, 3.05) is 5.73 Å². The van der Waals surface area contributed by atoms with Gasteiger partial charge in [0.2, 0.25) is 10.0 Å². The summed E-state index contributed by atoms with van der Waals surface area (Å²) in [5.74, 6) is 0. The molecule has 0 spiro atoms. The van der Waals surface area contributed by atoms with Crippen LogP contribution < -0.4 is 10.5 Å². The number of fused-ring (bicyclic) bond motifs is 1. The smallest absolute Gasteiger partial charge is 0.242 e. The number of nitrogens with one attached hydrogen (secondary N) is 1. The second-order valence-corrected chi connectivity index (χ2v) is 8.49. The van der Waals surface area contributed by atoms with Gasteiger partial charge in [0.1, 0.15) is 0 Å². The zero-order chi connectivity index (χ0) is 16.6. The van der Waals surface area contributed by atoms with E-state index in [0.29, 0.717) is 10.2 Å². The molecule has 0 fully saturated rings.